The average Bonchev–Trinajstić information content (AvgIpc) is 2.98. The van der Waals surface area contributed by atoms with Crippen LogP contribution in [0.15, 0.2) is 30.7 Å². The number of H-pyrrole nitrogens is 1. The Bertz CT molecular complexity index is 868. The van der Waals surface area contributed by atoms with Crippen LogP contribution in [0.3, 0.4) is 0 Å². The fourth-order valence-electron chi connectivity index (χ4n) is 3.35. The van der Waals surface area contributed by atoms with Crippen LogP contribution in [0, 0.1) is 0 Å². The second-order valence-electron chi connectivity index (χ2n) is 6.36. The molecule has 0 amide bonds. The topological polar surface area (TPSA) is 92.5 Å². The smallest absolute Gasteiger partial charge is 0.156 e. The first-order chi connectivity index (χ1) is 11.6. The number of nitrogens with two attached hydrogens (primary N) is 1. The number of anilines is 1. The molecule has 0 aromatic carbocycles. The van der Waals surface area contributed by atoms with Gasteiger partial charge < -0.3 is 16.0 Å². The number of aromatic nitrogens is 4. The van der Waals surface area contributed by atoms with Gasteiger partial charge in [-0.05, 0) is 43.4 Å². The summed E-state index contributed by atoms with van der Waals surface area (Å²) in [6, 6.07) is 3.79. The van der Waals surface area contributed by atoms with Crippen LogP contribution >= 0.6 is 11.6 Å². The molecule has 0 saturated heterocycles. The normalized spacial score (nSPS) is 17.1. The van der Waals surface area contributed by atoms with Crippen LogP contribution in [0.25, 0.3) is 22.3 Å². The minimum Gasteiger partial charge on any atom is -0.352 e. The van der Waals surface area contributed by atoms with Gasteiger partial charge in [0.25, 0.3) is 0 Å². The van der Waals surface area contributed by atoms with Gasteiger partial charge in [-0.1, -0.05) is 18.0 Å². The molecule has 0 spiro atoms. The number of pyridine rings is 1. The van der Waals surface area contributed by atoms with Crippen LogP contribution in [-0.4, -0.2) is 25.6 Å². The molecule has 3 aromatic rings. The zero-order valence-corrected chi connectivity index (χ0v) is 14.0. The van der Waals surface area contributed by atoms with E-state index in [1.807, 2.05) is 18.3 Å². The Morgan fingerprint density at radius 3 is 2.75 bits per heavy atom. The predicted octanol–water partition coefficient (Wildman–Crippen LogP) is 3.70. The van der Waals surface area contributed by atoms with E-state index in [2.05, 4.69) is 25.3 Å². The molecule has 0 radical (unpaired) electrons. The molecule has 4 N–H and O–H groups in total. The third-order valence-corrected chi connectivity index (χ3v) is 4.73. The number of hydrogen-bond donors (Lipinski definition) is 3. The second-order valence-corrected chi connectivity index (χ2v) is 6.75. The molecule has 1 saturated carbocycles. The maximum Gasteiger partial charge on any atom is 0.156 e. The number of halogens is 1. The maximum atomic E-state index is 6.48. The molecule has 0 aliphatic heterocycles. The van der Waals surface area contributed by atoms with Crippen molar-refractivity contribution in [2.75, 3.05) is 5.32 Å². The van der Waals surface area contributed by atoms with E-state index >= 15 is 0 Å². The molecule has 1 fully saturated rings. The number of rotatable bonds is 3. The summed E-state index contributed by atoms with van der Waals surface area (Å²) in [5, 5.41) is 3.81. The number of hydrogen-bond acceptors (Lipinski definition) is 5. The SMILES string of the molecule is NC1(Nc2cc(-c3c[nH]c4nccnc34)cc(Cl)n2)CCCCC1. The van der Waals surface area contributed by atoms with E-state index in [9.17, 15) is 0 Å². The van der Waals surface area contributed by atoms with E-state index in [-0.39, 0.29) is 0 Å². The number of nitrogens with one attached hydrogen (secondary N) is 2. The van der Waals surface area contributed by atoms with E-state index in [4.69, 9.17) is 17.3 Å². The third-order valence-electron chi connectivity index (χ3n) is 4.53. The van der Waals surface area contributed by atoms with E-state index in [1.165, 1.54) is 6.42 Å². The van der Waals surface area contributed by atoms with Gasteiger partial charge in [-0.3, -0.25) is 4.98 Å². The van der Waals surface area contributed by atoms with Gasteiger partial charge in [0.05, 0.1) is 5.66 Å². The average molecular weight is 343 g/mol. The molecular weight excluding hydrogens is 324 g/mol. The van der Waals surface area contributed by atoms with Crippen LogP contribution in [0.1, 0.15) is 32.1 Å². The highest BCUT2D eigenvalue weighted by Crippen LogP contribution is 2.32. The predicted molar refractivity (Wildman–Crippen MR) is 95.8 cm³/mol. The molecule has 6 nitrogen and oxygen atoms in total. The van der Waals surface area contributed by atoms with Crippen molar-refractivity contribution in [2.45, 2.75) is 37.8 Å². The molecule has 1 aliphatic rings. The minimum atomic E-state index is -0.410. The van der Waals surface area contributed by atoms with Crippen LogP contribution in [0.2, 0.25) is 5.15 Å². The van der Waals surface area contributed by atoms with Gasteiger partial charge >= 0.3 is 0 Å². The molecule has 0 atom stereocenters. The Balaban J connectivity index is 1.71. The third kappa shape index (κ3) is 2.95. The highest BCUT2D eigenvalue weighted by atomic mass is 35.5. The molecule has 3 heterocycles. The van der Waals surface area contributed by atoms with Crippen molar-refractivity contribution in [3.63, 3.8) is 0 Å². The molecule has 124 valence electrons. The lowest BCUT2D eigenvalue weighted by atomic mass is 9.90. The second kappa shape index (κ2) is 6.03. The Morgan fingerprint density at radius 1 is 1.12 bits per heavy atom. The molecule has 0 bridgehead atoms. The van der Waals surface area contributed by atoms with Crippen molar-refractivity contribution in [1.29, 1.82) is 0 Å². The van der Waals surface area contributed by atoms with Crippen LogP contribution < -0.4 is 11.1 Å². The van der Waals surface area contributed by atoms with Crippen molar-refractivity contribution >= 4 is 28.6 Å². The standard InChI is InChI=1S/C17H19ClN6/c18-13-8-11(12-10-22-16-15(12)20-6-7-21-16)9-14(23-13)24-17(19)4-2-1-3-5-17/h6-10H,1-5,19H2,(H,21,22)(H,23,24). The Labute approximate surface area is 144 Å². The lowest BCUT2D eigenvalue weighted by Gasteiger charge is -2.34. The van der Waals surface area contributed by atoms with Crippen LogP contribution in [-0.2, 0) is 0 Å². The molecular formula is C17H19ClN6. The summed E-state index contributed by atoms with van der Waals surface area (Å²) in [6.07, 6.45) is 10.6. The minimum absolute atomic E-state index is 0.410. The van der Waals surface area contributed by atoms with Crippen molar-refractivity contribution in [2.24, 2.45) is 5.73 Å². The maximum absolute atomic E-state index is 6.48. The first-order valence-corrected chi connectivity index (χ1v) is 8.54. The Morgan fingerprint density at radius 2 is 1.92 bits per heavy atom. The van der Waals surface area contributed by atoms with Crippen LogP contribution in [0.4, 0.5) is 5.82 Å². The molecule has 4 rings (SSSR count). The molecule has 1 aliphatic carbocycles. The van der Waals surface area contributed by atoms with Crippen molar-refractivity contribution < 1.29 is 0 Å². The summed E-state index contributed by atoms with van der Waals surface area (Å²) in [4.78, 5) is 16.2. The van der Waals surface area contributed by atoms with E-state index in [0.717, 1.165) is 48.0 Å². The number of nitrogens with zero attached hydrogens (tertiary/aromatic N) is 3. The van der Waals surface area contributed by atoms with Gasteiger partial charge in [0.15, 0.2) is 5.65 Å². The largest absolute Gasteiger partial charge is 0.352 e. The van der Waals surface area contributed by atoms with E-state index in [0.29, 0.717) is 11.0 Å². The Hall–Kier alpha value is -2.18. The highest BCUT2D eigenvalue weighted by Gasteiger charge is 2.27. The van der Waals surface area contributed by atoms with Crippen molar-refractivity contribution in [3.8, 4) is 11.1 Å². The number of aromatic amines is 1. The van der Waals surface area contributed by atoms with Gasteiger partial charge in [-0.15, -0.1) is 0 Å². The van der Waals surface area contributed by atoms with Crippen LogP contribution in [0.5, 0.6) is 0 Å². The van der Waals surface area contributed by atoms with Gasteiger partial charge in [0.2, 0.25) is 0 Å². The van der Waals surface area contributed by atoms with Gasteiger partial charge in [0.1, 0.15) is 16.5 Å². The first kappa shape index (κ1) is 15.4. The summed E-state index contributed by atoms with van der Waals surface area (Å²) >= 11 is 6.24. The molecule has 0 unspecified atom stereocenters. The van der Waals surface area contributed by atoms with Gasteiger partial charge in [-0.25, -0.2) is 9.97 Å². The summed E-state index contributed by atoms with van der Waals surface area (Å²) < 4.78 is 0. The summed E-state index contributed by atoms with van der Waals surface area (Å²) in [7, 11) is 0. The quantitative estimate of drug-likeness (QED) is 0.498. The van der Waals surface area contributed by atoms with Crippen molar-refractivity contribution in [3.05, 3.63) is 35.9 Å². The Kier molecular flexibility index (Phi) is 3.86. The van der Waals surface area contributed by atoms with Gasteiger partial charge in [0, 0.05) is 24.2 Å². The van der Waals surface area contributed by atoms with E-state index < -0.39 is 5.66 Å². The lowest BCUT2D eigenvalue weighted by molar-refractivity contribution is 0.332. The molecule has 7 heteroatoms. The zero-order chi connectivity index (χ0) is 16.6. The van der Waals surface area contributed by atoms with Gasteiger partial charge in [-0.2, -0.15) is 0 Å². The summed E-state index contributed by atoms with van der Waals surface area (Å²) in [5.74, 6) is 0.695. The fourth-order valence-corrected chi connectivity index (χ4v) is 3.56. The monoisotopic (exact) mass is 342 g/mol. The lowest BCUT2D eigenvalue weighted by Crippen LogP contribution is -2.49. The fraction of sp³-hybridized carbons (Fsp3) is 0.353. The summed E-state index contributed by atoms with van der Waals surface area (Å²) in [6.45, 7) is 0. The molecule has 3 aromatic heterocycles. The number of fused-ring (bicyclic) bond motifs is 1. The zero-order valence-electron chi connectivity index (χ0n) is 13.2. The van der Waals surface area contributed by atoms with E-state index in [1.54, 1.807) is 12.4 Å². The van der Waals surface area contributed by atoms with Crippen molar-refractivity contribution in [1.82, 2.24) is 19.9 Å². The highest BCUT2D eigenvalue weighted by molar-refractivity contribution is 6.29. The first-order valence-electron chi connectivity index (χ1n) is 8.16. The summed E-state index contributed by atoms with van der Waals surface area (Å²) in [5.41, 5.74) is 9.51. The molecule has 24 heavy (non-hydrogen) atoms.